The van der Waals surface area contributed by atoms with Crippen molar-refractivity contribution in [3.05, 3.63) is 71.0 Å². The van der Waals surface area contributed by atoms with Crippen LogP contribution in [0.5, 0.6) is 0 Å². The Morgan fingerprint density at radius 2 is 1.74 bits per heavy atom. The molecule has 1 aliphatic heterocycles. The van der Waals surface area contributed by atoms with Crippen molar-refractivity contribution in [1.29, 1.82) is 0 Å². The topological polar surface area (TPSA) is 49.4 Å². The first-order chi connectivity index (χ1) is 14.6. The van der Waals surface area contributed by atoms with Gasteiger partial charge in [0.15, 0.2) is 0 Å². The summed E-state index contributed by atoms with van der Waals surface area (Å²) < 4.78 is 13.3. The van der Waals surface area contributed by atoms with E-state index in [1.807, 2.05) is 56.0 Å². The summed E-state index contributed by atoms with van der Waals surface area (Å²) in [5.41, 5.74) is 2.42. The molecular formula is C26H33FN2O2. The van der Waals surface area contributed by atoms with Crippen LogP contribution in [0.3, 0.4) is 0 Å². The van der Waals surface area contributed by atoms with Crippen LogP contribution in [0.1, 0.15) is 61.5 Å². The molecule has 0 aromatic heterocycles. The summed E-state index contributed by atoms with van der Waals surface area (Å²) in [6.07, 6.45) is 0.806. The summed E-state index contributed by atoms with van der Waals surface area (Å²) >= 11 is 0. The van der Waals surface area contributed by atoms with Gasteiger partial charge in [0.1, 0.15) is 11.9 Å². The fraction of sp³-hybridized carbons (Fsp3) is 0.462. The van der Waals surface area contributed by atoms with E-state index in [4.69, 9.17) is 0 Å². The molecule has 2 aromatic rings. The van der Waals surface area contributed by atoms with E-state index in [0.29, 0.717) is 18.7 Å². The second kappa shape index (κ2) is 9.21. The number of nitrogens with one attached hydrogen (secondary N) is 1. The average molecular weight is 425 g/mol. The molecule has 0 saturated carbocycles. The van der Waals surface area contributed by atoms with E-state index < -0.39 is 6.04 Å². The maximum atomic E-state index is 13.4. The van der Waals surface area contributed by atoms with Crippen LogP contribution in [-0.4, -0.2) is 35.8 Å². The minimum absolute atomic E-state index is 0.0293. The van der Waals surface area contributed by atoms with E-state index in [9.17, 15) is 14.0 Å². The standard InChI is InChI=1S/C26H33FN2O2/c1-17(2)23(28-24(30)21-9-7-6-8-18(21)3)25(31)29-15-14-22(26(4,5)16-29)19-10-12-20(27)13-11-19/h6-13,17,22-23H,14-16H2,1-5H3,(H,28,30)/t22?,23-/m1/s1. The lowest BCUT2D eigenvalue weighted by Gasteiger charge is -2.45. The normalized spacial score (nSPS) is 19.2. The molecule has 4 nitrogen and oxygen atoms in total. The molecule has 5 heteroatoms. The van der Waals surface area contributed by atoms with Crippen LogP contribution < -0.4 is 5.32 Å². The van der Waals surface area contributed by atoms with Gasteiger partial charge in [-0.1, -0.05) is 58.0 Å². The van der Waals surface area contributed by atoms with Crippen molar-refractivity contribution >= 4 is 11.8 Å². The zero-order valence-corrected chi connectivity index (χ0v) is 19.1. The first kappa shape index (κ1) is 23.0. The summed E-state index contributed by atoms with van der Waals surface area (Å²) in [6, 6.07) is 13.5. The fourth-order valence-electron chi connectivity index (χ4n) is 4.61. The molecule has 0 spiro atoms. The van der Waals surface area contributed by atoms with E-state index in [1.54, 1.807) is 6.07 Å². The van der Waals surface area contributed by atoms with Gasteiger partial charge in [-0.15, -0.1) is 0 Å². The Bertz CT molecular complexity index is 937. The van der Waals surface area contributed by atoms with Gasteiger partial charge in [-0.2, -0.15) is 0 Å². The number of hydrogen-bond acceptors (Lipinski definition) is 2. The van der Waals surface area contributed by atoms with Gasteiger partial charge in [-0.05, 0) is 59.9 Å². The number of carbonyl (C=O) groups excluding carboxylic acids is 2. The highest BCUT2D eigenvalue weighted by Gasteiger charge is 2.40. The highest BCUT2D eigenvalue weighted by Crippen LogP contribution is 2.42. The summed E-state index contributed by atoms with van der Waals surface area (Å²) in [7, 11) is 0. The third-order valence-electron chi connectivity index (χ3n) is 6.42. The fourth-order valence-corrected chi connectivity index (χ4v) is 4.61. The van der Waals surface area contributed by atoms with Crippen LogP contribution >= 0.6 is 0 Å². The van der Waals surface area contributed by atoms with Gasteiger partial charge >= 0.3 is 0 Å². The summed E-state index contributed by atoms with van der Waals surface area (Å²) in [5.74, 6) is -0.277. The maximum Gasteiger partial charge on any atom is 0.252 e. The van der Waals surface area contributed by atoms with Crippen LogP contribution in [0.15, 0.2) is 48.5 Å². The minimum Gasteiger partial charge on any atom is -0.340 e. The van der Waals surface area contributed by atoms with E-state index in [0.717, 1.165) is 17.5 Å². The van der Waals surface area contributed by atoms with Crippen molar-refractivity contribution in [3.8, 4) is 0 Å². The van der Waals surface area contributed by atoms with Gasteiger partial charge in [0.2, 0.25) is 5.91 Å². The van der Waals surface area contributed by atoms with E-state index >= 15 is 0 Å². The lowest BCUT2D eigenvalue weighted by Crippen LogP contribution is -2.56. The molecule has 1 N–H and O–H groups in total. The number of likely N-dealkylation sites (tertiary alicyclic amines) is 1. The smallest absolute Gasteiger partial charge is 0.252 e. The molecule has 1 fully saturated rings. The lowest BCUT2D eigenvalue weighted by molar-refractivity contribution is -0.137. The van der Waals surface area contributed by atoms with Gasteiger partial charge in [0.05, 0.1) is 0 Å². The minimum atomic E-state index is -0.578. The Labute approximate surface area is 184 Å². The number of rotatable bonds is 5. The largest absolute Gasteiger partial charge is 0.340 e. The monoisotopic (exact) mass is 424 g/mol. The number of benzene rings is 2. The predicted octanol–water partition coefficient (Wildman–Crippen LogP) is 4.93. The quantitative estimate of drug-likeness (QED) is 0.740. The Hall–Kier alpha value is -2.69. The maximum absolute atomic E-state index is 13.4. The molecule has 1 aliphatic rings. The highest BCUT2D eigenvalue weighted by molar-refractivity contribution is 5.98. The first-order valence-corrected chi connectivity index (χ1v) is 11.0. The van der Waals surface area contributed by atoms with Crippen LogP contribution in [0.4, 0.5) is 4.39 Å². The first-order valence-electron chi connectivity index (χ1n) is 11.0. The third-order valence-corrected chi connectivity index (χ3v) is 6.42. The third kappa shape index (κ3) is 5.15. The molecule has 1 heterocycles. The van der Waals surface area contributed by atoms with Crippen molar-refractivity contribution in [1.82, 2.24) is 10.2 Å². The molecular weight excluding hydrogens is 391 g/mol. The molecule has 0 bridgehead atoms. The molecule has 2 aromatic carbocycles. The van der Waals surface area contributed by atoms with Crippen molar-refractivity contribution in [2.45, 2.75) is 53.0 Å². The number of carbonyl (C=O) groups is 2. The second-order valence-corrected chi connectivity index (χ2v) is 9.65. The molecule has 31 heavy (non-hydrogen) atoms. The van der Waals surface area contributed by atoms with Crippen molar-refractivity contribution < 1.29 is 14.0 Å². The van der Waals surface area contributed by atoms with Gasteiger partial charge in [0.25, 0.3) is 5.91 Å². The van der Waals surface area contributed by atoms with Crippen molar-refractivity contribution in [3.63, 3.8) is 0 Å². The summed E-state index contributed by atoms with van der Waals surface area (Å²) in [6.45, 7) is 11.3. The number of aryl methyl sites for hydroxylation is 1. The molecule has 1 saturated heterocycles. The molecule has 2 amide bonds. The van der Waals surface area contributed by atoms with Crippen LogP contribution in [0, 0.1) is 24.1 Å². The van der Waals surface area contributed by atoms with Gasteiger partial charge in [0, 0.05) is 18.7 Å². The lowest BCUT2D eigenvalue weighted by atomic mass is 9.70. The zero-order valence-electron chi connectivity index (χ0n) is 19.1. The highest BCUT2D eigenvalue weighted by atomic mass is 19.1. The van der Waals surface area contributed by atoms with Crippen molar-refractivity contribution in [2.75, 3.05) is 13.1 Å². The number of piperidine rings is 1. The molecule has 0 aliphatic carbocycles. The predicted molar refractivity (Wildman–Crippen MR) is 121 cm³/mol. The molecule has 3 rings (SSSR count). The SMILES string of the molecule is Cc1ccccc1C(=O)N[C@@H](C(=O)N1CCC(c2ccc(F)cc2)C(C)(C)C1)C(C)C. The second-order valence-electron chi connectivity index (χ2n) is 9.65. The number of halogens is 1. The molecule has 166 valence electrons. The number of nitrogens with zero attached hydrogens (tertiary/aromatic N) is 1. The Kier molecular flexibility index (Phi) is 6.83. The average Bonchev–Trinajstić information content (AvgIpc) is 2.71. The summed E-state index contributed by atoms with van der Waals surface area (Å²) in [5, 5.41) is 2.98. The van der Waals surface area contributed by atoms with Gasteiger partial charge < -0.3 is 10.2 Å². The Balaban J connectivity index is 1.73. The van der Waals surface area contributed by atoms with Gasteiger partial charge in [-0.25, -0.2) is 4.39 Å². The van der Waals surface area contributed by atoms with Crippen LogP contribution in [0.25, 0.3) is 0 Å². The number of hydrogen-bond donors (Lipinski definition) is 1. The van der Waals surface area contributed by atoms with E-state index in [2.05, 4.69) is 19.2 Å². The number of amides is 2. The molecule has 2 atom stereocenters. The van der Waals surface area contributed by atoms with Gasteiger partial charge in [-0.3, -0.25) is 9.59 Å². The van der Waals surface area contributed by atoms with Crippen LogP contribution in [-0.2, 0) is 4.79 Å². The summed E-state index contributed by atoms with van der Waals surface area (Å²) in [4.78, 5) is 28.2. The Morgan fingerprint density at radius 1 is 1.10 bits per heavy atom. The molecule has 1 unspecified atom stereocenters. The zero-order chi connectivity index (χ0) is 22.8. The van der Waals surface area contributed by atoms with E-state index in [1.165, 1.54) is 12.1 Å². The van der Waals surface area contributed by atoms with Crippen molar-refractivity contribution in [2.24, 2.45) is 11.3 Å². The van der Waals surface area contributed by atoms with E-state index in [-0.39, 0.29) is 34.9 Å². The van der Waals surface area contributed by atoms with Crippen LogP contribution in [0.2, 0.25) is 0 Å². The molecule has 0 radical (unpaired) electrons. The Morgan fingerprint density at radius 3 is 2.32 bits per heavy atom.